The van der Waals surface area contributed by atoms with Crippen molar-refractivity contribution in [2.75, 3.05) is 7.11 Å². The highest BCUT2D eigenvalue weighted by Crippen LogP contribution is 2.18. The van der Waals surface area contributed by atoms with Gasteiger partial charge in [-0.1, -0.05) is 0 Å². The summed E-state index contributed by atoms with van der Waals surface area (Å²) in [7, 11) is -1.40. The zero-order valence-electron chi connectivity index (χ0n) is 6.28. The lowest BCUT2D eigenvalue weighted by Gasteiger charge is -2.00. The first-order valence-corrected chi connectivity index (χ1v) is 4.31. The van der Waals surface area contributed by atoms with Crippen LogP contribution in [0.2, 0.25) is 0 Å². The second-order valence-corrected chi connectivity index (χ2v) is 3.11. The molecule has 0 spiro atoms. The molecule has 3 nitrogen and oxygen atoms in total. The summed E-state index contributed by atoms with van der Waals surface area (Å²) in [5.41, 5.74) is 0. The standard InChI is InChI=1S/C7H7FO3S/c1-11-7-4-5(12(9)10)2-3-6(7)8/h2-4,12H,1H3. The maximum absolute atomic E-state index is 12.7. The Morgan fingerprint density at radius 2 is 2.08 bits per heavy atom. The molecule has 5 heteroatoms. The smallest absolute Gasteiger partial charge is 0.168 e. The van der Waals surface area contributed by atoms with Crippen molar-refractivity contribution in [1.29, 1.82) is 0 Å². The second kappa shape index (κ2) is 3.53. The summed E-state index contributed by atoms with van der Waals surface area (Å²) in [6, 6.07) is 3.38. The Kier molecular flexibility index (Phi) is 2.65. The molecule has 0 saturated carbocycles. The molecule has 0 aromatic heterocycles. The summed E-state index contributed by atoms with van der Waals surface area (Å²) in [4.78, 5) is 0.0447. The summed E-state index contributed by atoms with van der Waals surface area (Å²) in [6.45, 7) is 0. The van der Waals surface area contributed by atoms with Crippen molar-refractivity contribution in [2.45, 2.75) is 4.90 Å². The molecular weight excluding hydrogens is 183 g/mol. The quantitative estimate of drug-likeness (QED) is 0.701. The van der Waals surface area contributed by atoms with E-state index in [1.807, 2.05) is 0 Å². The predicted octanol–water partition coefficient (Wildman–Crippen LogP) is 0.805. The van der Waals surface area contributed by atoms with Gasteiger partial charge in [0.2, 0.25) is 0 Å². The fraction of sp³-hybridized carbons (Fsp3) is 0.143. The molecule has 0 amide bonds. The zero-order valence-corrected chi connectivity index (χ0v) is 7.18. The van der Waals surface area contributed by atoms with Gasteiger partial charge in [0.25, 0.3) is 0 Å². The van der Waals surface area contributed by atoms with Gasteiger partial charge in [0.1, 0.15) is 0 Å². The minimum absolute atomic E-state index is 0.0447. The van der Waals surface area contributed by atoms with Crippen molar-refractivity contribution in [2.24, 2.45) is 0 Å². The molecule has 0 radical (unpaired) electrons. The molecule has 1 rings (SSSR count). The Hall–Kier alpha value is -1.10. The van der Waals surface area contributed by atoms with E-state index in [1.165, 1.54) is 13.2 Å². The maximum atomic E-state index is 12.7. The van der Waals surface area contributed by atoms with Gasteiger partial charge in [-0.25, -0.2) is 12.8 Å². The van der Waals surface area contributed by atoms with Gasteiger partial charge in [0.05, 0.1) is 12.0 Å². The summed E-state index contributed by atoms with van der Waals surface area (Å²) in [5.74, 6) is -0.634. The summed E-state index contributed by atoms with van der Waals surface area (Å²) < 4.78 is 38.2. The van der Waals surface area contributed by atoms with Crippen LogP contribution in [0, 0.1) is 5.82 Å². The first-order valence-electron chi connectivity index (χ1n) is 3.13. The van der Waals surface area contributed by atoms with Crippen molar-refractivity contribution in [3.63, 3.8) is 0 Å². The molecule has 12 heavy (non-hydrogen) atoms. The van der Waals surface area contributed by atoms with Gasteiger partial charge in [-0.05, 0) is 12.1 Å². The van der Waals surface area contributed by atoms with Crippen LogP contribution in [-0.4, -0.2) is 15.5 Å². The van der Waals surface area contributed by atoms with Gasteiger partial charge in [0, 0.05) is 6.07 Å². The van der Waals surface area contributed by atoms with Gasteiger partial charge in [-0.15, -0.1) is 0 Å². The van der Waals surface area contributed by atoms with Crippen LogP contribution < -0.4 is 4.74 Å². The number of ether oxygens (including phenoxy) is 1. The van der Waals surface area contributed by atoms with Gasteiger partial charge < -0.3 is 4.74 Å². The number of thiol groups is 1. The number of halogens is 1. The molecule has 0 N–H and O–H groups in total. The minimum atomic E-state index is -2.68. The van der Waals surface area contributed by atoms with Gasteiger partial charge in [-0.3, -0.25) is 0 Å². The highest BCUT2D eigenvalue weighted by Gasteiger charge is 2.03. The molecule has 0 aliphatic heterocycles. The van der Waals surface area contributed by atoms with Crippen LogP contribution in [0.1, 0.15) is 0 Å². The van der Waals surface area contributed by atoms with Crippen molar-refractivity contribution >= 4 is 10.7 Å². The van der Waals surface area contributed by atoms with Crippen LogP contribution in [0.3, 0.4) is 0 Å². The second-order valence-electron chi connectivity index (χ2n) is 2.08. The van der Waals surface area contributed by atoms with E-state index in [0.717, 1.165) is 12.1 Å². The number of rotatable bonds is 2. The highest BCUT2D eigenvalue weighted by molar-refractivity contribution is 7.72. The summed E-state index contributed by atoms with van der Waals surface area (Å²) in [6.07, 6.45) is 0. The van der Waals surface area contributed by atoms with E-state index in [4.69, 9.17) is 0 Å². The molecule has 1 aromatic rings. The third-order valence-electron chi connectivity index (χ3n) is 1.35. The third-order valence-corrected chi connectivity index (χ3v) is 2.05. The fourth-order valence-corrected chi connectivity index (χ4v) is 1.18. The van der Waals surface area contributed by atoms with Crippen molar-refractivity contribution in [3.8, 4) is 5.75 Å². The van der Waals surface area contributed by atoms with Gasteiger partial charge in [-0.2, -0.15) is 0 Å². The summed E-state index contributed by atoms with van der Waals surface area (Å²) in [5, 5.41) is 0. The van der Waals surface area contributed by atoms with Crippen molar-refractivity contribution < 1.29 is 17.5 Å². The SMILES string of the molecule is COc1cc([SH](=O)=O)ccc1F. The van der Waals surface area contributed by atoms with Gasteiger partial charge >= 0.3 is 0 Å². The molecule has 0 bridgehead atoms. The molecule has 0 unspecified atom stereocenters. The fourth-order valence-electron chi connectivity index (χ4n) is 0.762. The maximum Gasteiger partial charge on any atom is 0.168 e. The highest BCUT2D eigenvalue weighted by atomic mass is 32.2. The number of benzene rings is 1. The Balaban J connectivity index is 3.22. The topological polar surface area (TPSA) is 43.4 Å². The number of hydrogen-bond acceptors (Lipinski definition) is 3. The van der Waals surface area contributed by atoms with Crippen LogP contribution in [0.15, 0.2) is 23.1 Å². The van der Waals surface area contributed by atoms with E-state index in [1.54, 1.807) is 0 Å². The Bertz CT molecular complexity index is 352. The van der Waals surface area contributed by atoms with E-state index in [-0.39, 0.29) is 10.6 Å². The van der Waals surface area contributed by atoms with E-state index < -0.39 is 16.5 Å². The molecule has 0 atom stereocenters. The van der Waals surface area contributed by atoms with E-state index in [9.17, 15) is 12.8 Å². The molecule has 0 fully saturated rings. The largest absolute Gasteiger partial charge is 0.494 e. The average Bonchev–Trinajstić information content (AvgIpc) is 2.05. The molecular formula is C7H7FO3S. The Morgan fingerprint density at radius 1 is 1.42 bits per heavy atom. The monoisotopic (exact) mass is 190 g/mol. The van der Waals surface area contributed by atoms with Crippen LogP contribution in [0.4, 0.5) is 4.39 Å². The Labute approximate surface area is 70.7 Å². The average molecular weight is 190 g/mol. The molecule has 66 valence electrons. The van der Waals surface area contributed by atoms with Gasteiger partial charge in [0.15, 0.2) is 22.3 Å². The molecule has 0 aliphatic rings. The van der Waals surface area contributed by atoms with Crippen molar-refractivity contribution in [1.82, 2.24) is 0 Å². The molecule has 0 heterocycles. The molecule has 0 aliphatic carbocycles. The Morgan fingerprint density at radius 3 is 2.58 bits per heavy atom. The van der Waals surface area contributed by atoms with Crippen LogP contribution in [-0.2, 0) is 10.7 Å². The number of hydrogen-bond donors (Lipinski definition) is 1. The summed E-state index contributed by atoms with van der Waals surface area (Å²) >= 11 is 0. The van der Waals surface area contributed by atoms with Crippen LogP contribution >= 0.6 is 0 Å². The molecule has 1 aromatic carbocycles. The number of methoxy groups -OCH3 is 1. The van der Waals surface area contributed by atoms with Crippen LogP contribution in [0.25, 0.3) is 0 Å². The van der Waals surface area contributed by atoms with E-state index in [0.29, 0.717) is 0 Å². The first-order chi connectivity index (χ1) is 5.65. The third kappa shape index (κ3) is 1.73. The lowest BCUT2D eigenvalue weighted by atomic mass is 10.3. The van der Waals surface area contributed by atoms with E-state index >= 15 is 0 Å². The predicted molar refractivity (Wildman–Crippen MR) is 41.5 cm³/mol. The van der Waals surface area contributed by atoms with E-state index in [2.05, 4.69) is 4.74 Å². The normalized spacial score (nSPS) is 10.2. The lowest BCUT2D eigenvalue weighted by molar-refractivity contribution is 0.385. The zero-order chi connectivity index (χ0) is 9.14. The van der Waals surface area contributed by atoms with Crippen LogP contribution in [0.5, 0.6) is 5.75 Å². The lowest BCUT2D eigenvalue weighted by Crippen LogP contribution is -1.89. The van der Waals surface area contributed by atoms with Crippen molar-refractivity contribution in [3.05, 3.63) is 24.0 Å². The minimum Gasteiger partial charge on any atom is -0.494 e. The molecule has 0 saturated heterocycles. The first kappa shape index (κ1) is 8.99.